The molecule has 0 aliphatic carbocycles. The first-order valence-corrected chi connectivity index (χ1v) is 3.31. The number of hydrogen-bond donors (Lipinski definition) is 0. The smallest absolute Gasteiger partial charge is 0.661 e. The van der Waals surface area contributed by atoms with Crippen molar-refractivity contribution in [2.45, 2.75) is 0 Å². The summed E-state index contributed by atoms with van der Waals surface area (Å²) in [4.78, 5) is 24.3. The summed E-state index contributed by atoms with van der Waals surface area (Å²) in [5, 5.41) is 20.2. The van der Waals surface area contributed by atoms with Gasteiger partial charge in [-0.2, -0.15) is 0 Å². The van der Waals surface area contributed by atoms with Gasteiger partial charge in [0.05, 0.1) is 11.5 Å². The SMILES string of the molecule is O.O.O.O.O=C([O-])c1ccccc1C(=O)O[O-].[Mg+2]. The predicted molar refractivity (Wildman–Crippen MR) is 56.4 cm³/mol. The van der Waals surface area contributed by atoms with Crippen LogP contribution >= 0.6 is 0 Å². The molecule has 1 aromatic rings. The molecule has 0 spiro atoms. The second-order valence-electron chi connectivity index (χ2n) is 2.20. The third-order valence-corrected chi connectivity index (χ3v) is 1.44. The molecule has 18 heavy (non-hydrogen) atoms. The van der Waals surface area contributed by atoms with Crippen molar-refractivity contribution in [2.24, 2.45) is 0 Å². The number of carboxylic acid groups (broad SMARTS) is 1. The fraction of sp³-hybridized carbons (Fsp3) is 0. The van der Waals surface area contributed by atoms with E-state index in [1.54, 1.807) is 0 Å². The molecule has 0 atom stereocenters. The summed E-state index contributed by atoms with van der Waals surface area (Å²) in [7, 11) is 0. The average molecular weight is 276 g/mol. The molecule has 0 saturated heterocycles. The normalized spacial score (nSPS) is 6.72. The number of carbonyl (C=O) groups excluding carboxylic acids is 2. The zero-order valence-corrected chi connectivity index (χ0v) is 10.5. The van der Waals surface area contributed by atoms with Crippen molar-refractivity contribution in [3.05, 3.63) is 35.4 Å². The molecule has 0 radical (unpaired) electrons. The summed E-state index contributed by atoms with van der Waals surface area (Å²) >= 11 is 0. The summed E-state index contributed by atoms with van der Waals surface area (Å²) in [5.41, 5.74) is -0.666. The third kappa shape index (κ3) is 7.13. The van der Waals surface area contributed by atoms with Gasteiger partial charge in [-0.1, -0.05) is 18.2 Å². The number of hydrogen-bond acceptors (Lipinski definition) is 5. The molecule has 1 aromatic carbocycles. The predicted octanol–water partition coefficient (Wildman–Crippen LogP) is -5.20. The Morgan fingerprint density at radius 3 is 1.67 bits per heavy atom. The van der Waals surface area contributed by atoms with Crippen LogP contribution in [-0.4, -0.2) is 56.9 Å². The van der Waals surface area contributed by atoms with Crippen LogP contribution in [0.25, 0.3) is 0 Å². The minimum Gasteiger partial charge on any atom is -0.661 e. The molecule has 0 heterocycles. The molecule has 1 rings (SSSR count). The van der Waals surface area contributed by atoms with E-state index in [-0.39, 0.29) is 56.1 Å². The van der Waals surface area contributed by atoms with Crippen molar-refractivity contribution in [1.29, 1.82) is 0 Å². The number of carbonyl (C=O) groups is 2. The van der Waals surface area contributed by atoms with Crippen molar-refractivity contribution in [2.75, 3.05) is 0 Å². The third-order valence-electron chi connectivity index (χ3n) is 1.44. The van der Waals surface area contributed by atoms with E-state index in [1.807, 2.05) is 0 Å². The maximum absolute atomic E-state index is 10.7. The van der Waals surface area contributed by atoms with Crippen molar-refractivity contribution in [3.63, 3.8) is 0 Å². The van der Waals surface area contributed by atoms with Crippen molar-refractivity contribution >= 4 is 35.0 Å². The van der Waals surface area contributed by atoms with Gasteiger partial charge in [-0.25, -0.2) is 4.79 Å². The maximum Gasteiger partial charge on any atom is 2.00 e. The van der Waals surface area contributed by atoms with Gasteiger partial charge < -0.3 is 42.0 Å². The van der Waals surface area contributed by atoms with Crippen LogP contribution in [0, 0.1) is 0 Å². The topological polar surface area (TPSA) is 215 Å². The number of aromatic carboxylic acids is 1. The Labute approximate surface area is 117 Å². The zero-order chi connectivity index (χ0) is 9.84. The van der Waals surface area contributed by atoms with Gasteiger partial charge >= 0.3 is 29.0 Å². The van der Waals surface area contributed by atoms with Gasteiger partial charge in [0.15, 0.2) is 0 Å². The first-order chi connectivity index (χ1) is 6.16. The average Bonchev–Trinajstić information content (AvgIpc) is 2.16. The summed E-state index contributed by atoms with van der Waals surface area (Å²) in [6.07, 6.45) is 0. The minimum atomic E-state index is -1.53. The molecular weight excluding hydrogens is 264 g/mol. The van der Waals surface area contributed by atoms with Crippen LogP contribution in [-0.2, 0) is 4.89 Å². The Morgan fingerprint density at radius 2 is 1.33 bits per heavy atom. The second kappa shape index (κ2) is 13.8. The Bertz CT molecular complexity index is 354. The molecular formula is C8H12MgO9. The molecule has 0 aliphatic heterocycles. The van der Waals surface area contributed by atoms with E-state index in [9.17, 15) is 20.0 Å². The Kier molecular flexibility index (Phi) is 23.0. The molecule has 10 heteroatoms. The van der Waals surface area contributed by atoms with Gasteiger partial charge in [0.2, 0.25) is 0 Å². The van der Waals surface area contributed by atoms with Gasteiger partial charge in [-0.05, 0) is 6.07 Å². The van der Waals surface area contributed by atoms with Crippen LogP contribution in [0.1, 0.15) is 20.7 Å². The van der Waals surface area contributed by atoms with Crippen LogP contribution in [0.2, 0.25) is 0 Å². The van der Waals surface area contributed by atoms with Crippen molar-refractivity contribution in [1.82, 2.24) is 0 Å². The summed E-state index contributed by atoms with van der Waals surface area (Å²) in [5.74, 6) is -2.76. The fourth-order valence-corrected chi connectivity index (χ4v) is 0.884. The van der Waals surface area contributed by atoms with Gasteiger partial charge in [-0.15, -0.1) is 0 Å². The van der Waals surface area contributed by atoms with E-state index >= 15 is 0 Å². The molecule has 0 unspecified atom stereocenters. The minimum absolute atomic E-state index is 0. The first-order valence-electron chi connectivity index (χ1n) is 3.31. The summed E-state index contributed by atoms with van der Waals surface area (Å²) in [6.45, 7) is 0. The van der Waals surface area contributed by atoms with Crippen LogP contribution in [0.5, 0.6) is 0 Å². The van der Waals surface area contributed by atoms with E-state index in [0.29, 0.717) is 0 Å². The Balaban J connectivity index is -0.000000113. The molecule has 8 N–H and O–H groups in total. The molecule has 100 valence electrons. The second-order valence-corrected chi connectivity index (χ2v) is 2.20. The van der Waals surface area contributed by atoms with Crippen LogP contribution in [0.3, 0.4) is 0 Å². The molecule has 0 saturated carbocycles. The zero-order valence-electron chi connectivity index (χ0n) is 9.06. The largest absolute Gasteiger partial charge is 2.00 e. The maximum atomic E-state index is 10.7. The molecule has 0 fully saturated rings. The van der Waals surface area contributed by atoms with Crippen molar-refractivity contribution < 1.29 is 46.7 Å². The number of benzene rings is 1. The monoisotopic (exact) mass is 276 g/mol. The summed E-state index contributed by atoms with van der Waals surface area (Å²) in [6, 6.07) is 5.15. The van der Waals surface area contributed by atoms with E-state index in [1.165, 1.54) is 18.2 Å². The molecule has 0 amide bonds. The van der Waals surface area contributed by atoms with Crippen LogP contribution in [0.4, 0.5) is 0 Å². The van der Waals surface area contributed by atoms with Gasteiger partial charge in [0, 0.05) is 5.56 Å². The molecule has 0 aromatic heterocycles. The van der Waals surface area contributed by atoms with E-state index in [0.717, 1.165) is 6.07 Å². The van der Waals surface area contributed by atoms with Gasteiger partial charge in [0.25, 0.3) is 0 Å². The van der Waals surface area contributed by atoms with Gasteiger partial charge in [0.1, 0.15) is 0 Å². The standard InChI is InChI=1S/C8H6O5.Mg.4H2O/c9-7(10)5-3-1-2-4-6(5)8(11)13-12;;;;;/h1-4,12H,(H,9,10);;4*1H2/q;+2;;;;/p-2. The number of carboxylic acids is 1. The Morgan fingerprint density at radius 1 is 0.944 bits per heavy atom. The quantitative estimate of drug-likeness (QED) is 0.293. The van der Waals surface area contributed by atoms with Gasteiger partial charge in [-0.3, -0.25) is 0 Å². The first kappa shape index (κ1) is 30.1. The molecule has 0 aliphatic rings. The molecule has 0 bridgehead atoms. The fourth-order valence-electron chi connectivity index (χ4n) is 0.884. The van der Waals surface area contributed by atoms with E-state index < -0.39 is 11.9 Å². The number of rotatable bonds is 2. The summed E-state index contributed by atoms with van der Waals surface area (Å²) < 4.78 is 0. The molecule has 9 nitrogen and oxygen atoms in total. The van der Waals surface area contributed by atoms with E-state index in [2.05, 4.69) is 4.89 Å². The van der Waals surface area contributed by atoms with Crippen LogP contribution in [0.15, 0.2) is 24.3 Å². The van der Waals surface area contributed by atoms with Crippen molar-refractivity contribution in [3.8, 4) is 0 Å². The Hall–Kier alpha value is -1.27. The van der Waals surface area contributed by atoms with E-state index in [4.69, 9.17) is 0 Å². The van der Waals surface area contributed by atoms with Crippen LogP contribution < -0.4 is 10.4 Å².